The molecule has 1 amide bonds. The van der Waals surface area contributed by atoms with E-state index in [1.54, 1.807) is 24.3 Å². The topological polar surface area (TPSA) is 73.7 Å². The van der Waals surface area contributed by atoms with Crippen LogP contribution in [0.2, 0.25) is 0 Å². The summed E-state index contributed by atoms with van der Waals surface area (Å²) < 4.78 is 0. The Hall–Kier alpha value is -2.82. The number of phenolic OH excluding ortho intramolecular Hbond substituents is 1. The first kappa shape index (κ1) is 14.6. The van der Waals surface area contributed by atoms with Crippen molar-refractivity contribution in [1.29, 1.82) is 0 Å². The second kappa shape index (κ2) is 7.09. The molecule has 2 aromatic carbocycles. The number of aryl methyl sites for hydroxylation is 1. The zero-order valence-electron chi connectivity index (χ0n) is 11.7. The number of nitrogens with zero attached hydrogens (tertiary/aromatic N) is 1. The predicted octanol–water partition coefficient (Wildman–Crippen LogP) is 2.26. The molecule has 0 fully saturated rings. The van der Waals surface area contributed by atoms with Crippen LogP contribution in [0.3, 0.4) is 0 Å². The van der Waals surface area contributed by atoms with Gasteiger partial charge in [0, 0.05) is 11.3 Å². The number of phenols is 1. The molecule has 5 heteroatoms. The highest BCUT2D eigenvalue weighted by Gasteiger charge is 2.00. The molecule has 21 heavy (non-hydrogen) atoms. The van der Waals surface area contributed by atoms with Gasteiger partial charge in [0.2, 0.25) is 0 Å². The molecule has 0 saturated heterocycles. The van der Waals surface area contributed by atoms with Crippen molar-refractivity contribution >= 4 is 17.8 Å². The van der Waals surface area contributed by atoms with Gasteiger partial charge < -0.3 is 10.4 Å². The summed E-state index contributed by atoms with van der Waals surface area (Å²) in [5.41, 5.74) is 4.98. The first-order valence-electron chi connectivity index (χ1n) is 6.55. The summed E-state index contributed by atoms with van der Waals surface area (Å²) in [6.07, 6.45) is 1.40. The standard InChI is InChI=1S/C16H17N3O2/c1-12-6-8-14(9-7-12)17-11-16(21)19-18-10-13-4-2-3-5-15(13)20/h2-10,17,20H,11H2,1H3,(H,19,21)/b18-10-. The molecular weight excluding hydrogens is 266 g/mol. The number of para-hydroxylation sites is 1. The Morgan fingerprint density at radius 3 is 2.62 bits per heavy atom. The molecule has 5 nitrogen and oxygen atoms in total. The molecule has 2 rings (SSSR count). The van der Waals surface area contributed by atoms with Crippen LogP contribution in [0.25, 0.3) is 0 Å². The van der Waals surface area contributed by atoms with Crippen molar-refractivity contribution in [2.75, 3.05) is 11.9 Å². The van der Waals surface area contributed by atoms with E-state index >= 15 is 0 Å². The molecule has 0 aromatic heterocycles. The van der Waals surface area contributed by atoms with Crippen molar-refractivity contribution in [3.63, 3.8) is 0 Å². The van der Waals surface area contributed by atoms with Gasteiger partial charge in [-0.05, 0) is 31.2 Å². The molecule has 0 atom stereocenters. The van der Waals surface area contributed by atoms with E-state index in [1.165, 1.54) is 6.21 Å². The average Bonchev–Trinajstić information content (AvgIpc) is 2.49. The number of amides is 1. The van der Waals surface area contributed by atoms with Gasteiger partial charge in [-0.3, -0.25) is 4.79 Å². The molecule has 2 aromatic rings. The van der Waals surface area contributed by atoms with Crippen LogP contribution in [0.5, 0.6) is 5.75 Å². The molecular formula is C16H17N3O2. The quantitative estimate of drug-likeness (QED) is 0.582. The van der Waals surface area contributed by atoms with Gasteiger partial charge in [0.25, 0.3) is 5.91 Å². The van der Waals surface area contributed by atoms with Crippen molar-refractivity contribution < 1.29 is 9.90 Å². The first-order chi connectivity index (χ1) is 10.1. The molecule has 0 aliphatic rings. The van der Waals surface area contributed by atoms with Crippen molar-refractivity contribution in [3.05, 3.63) is 59.7 Å². The van der Waals surface area contributed by atoms with E-state index in [4.69, 9.17) is 0 Å². The highest BCUT2D eigenvalue weighted by Crippen LogP contribution is 2.12. The van der Waals surface area contributed by atoms with Crippen LogP contribution >= 0.6 is 0 Å². The average molecular weight is 283 g/mol. The number of anilines is 1. The lowest BCUT2D eigenvalue weighted by Gasteiger charge is -2.05. The van der Waals surface area contributed by atoms with Crippen LogP contribution in [0.15, 0.2) is 53.6 Å². The number of hydrogen-bond donors (Lipinski definition) is 3. The molecule has 0 heterocycles. The van der Waals surface area contributed by atoms with Crippen LogP contribution in [0.4, 0.5) is 5.69 Å². The summed E-state index contributed by atoms with van der Waals surface area (Å²) in [6.45, 7) is 2.13. The van der Waals surface area contributed by atoms with Gasteiger partial charge in [-0.25, -0.2) is 5.43 Å². The molecule has 0 spiro atoms. The maximum Gasteiger partial charge on any atom is 0.259 e. The third kappa shape index (κ3) is 4.65. The van der Waals surface area contributed by atoms with Crippen LogP contribution in [0.1, 0.15) is 11.1 Å². The second-order valence-electron chi connectivity index (χ2n) is 4.57. The first-order valence-corrected chi connectivity index (χ1v) is 6.55. The minimum absolute atomic E-state index is 0.119. The maximum absolute atomic E-state index is 11.6. The van der Waals surface area contributed by atoms with E-state index in [2.05, 4.69) is 15.8 Å². The third-order valence-electron chi connectivity index (χ3n) is 2.83. The lowest BCUT2D eigenvalue weighted by molar-refractivity contribution is -0.119. The highest BCUT2D eigenvalue weighted by molar-refractivity contribution is 5.86. The molecule has 0 aliphatic carbocycles. The summed E-state index contributed by atoms with van der Waals surface area (Å²) >= 11 is 0. The molecule has 3 N–H and O–H groups in total. The Kier molecular flexibility index (Phi) is 4.93. The smallest absolute Gasteiger partial charge is 0.259 e. The van der Waals surface area contributed by atoms with Gasteiger partial charge in [0.05, 0.1) is 12.8 Å². The summed E-state index contributed by atoms with van der Waals surface area (Å²) in [6, 6.07) is 14.5. The number of nitrogens with one attached hydrogen (secondary N) is 2. The Bertz CT molecular complexity index is 636. The Morgan fingerprint density at radius 2 is 1.90 bits per heavy atom. The fraction of sp³-hybridized carbons (Fsp3) is 0.125. The molecule has 0 aliphatic heterocycles. The number of hydrogen-bond acceptors (Lipinski definition) is 4. The van der Waals surface area contributed by atoms with Crippen LogP contribution in [-0.4, -0.2) is 23.8 Å². The lowest BCUT2D eigenvalue weighted by Crippen LogP contribution is -2.25. The van der Waals surface area contributed by atoms with Crippen molar-refractivity contribution in [3.8, 4) is 5.75 Å². The van der Waals surface area contributed by atoms with Gasteiger partial charge in [-0.15, -0.1) is 0 Å². The number of carbonyl (C=O) groups excluding carboxylic acids is 1. The monoisotopic (exact) mass is 283 g/mol. The maximum atomic E-state index is 11.6. The summed E-state index contributed by atoms with van der Waals surface area (Å²) in [5.74, 6) is -0.143. The molecule has 108 valence electrons. The van der Waals surface area contributed by atoms with Crippen LogP contribution < -0.4 is 10.7 Å². The SMILES string of the molecule is Cc1ccc(NCC(=O)N/N=C\c2ccccc2O)cc1. The Labute approximate surface area is 123 Å². The molecule has 0 saturated carbocycles. The largest absolute Gasteiger partial charge is 0.507 e. The van der Waals surface area contributed by atoms with E-state index in [1.807, 2.05) is 31.2 Å². The van der Waals surface area contributed by atoms with Crippen molar-refractivity contribution in [2.45, 2.75) is 6.92 Å². The number of carbonyl (C=O) groups is 1. The van der Waals surface area contributed by atoms with E-state index in [9.17, 15) is 9.90 Å². The summed E-state index contributed by atoms with van der Waals surface area (Å²) in [7, 11) is 0. The zero-order valence-corrected chi connectivity index (χ0v) is 11.7. The summed E-state index contributed by atoms with van der Waals surface area (Å²) in [5, 5.41) is 16.3. The summed E-state index contributed by atoms with van der Waals surface area (Å²) in [4.78, 5) is 11.6. The Balaban J connectivity index is 1.80. The highest BCUT2D eigenvalue weighted by atomic mass is 16.3. The minimum Gasteiger partial charge on any atom is -0.507 e. The van der Waals surface area contributed by atoms with Crippen molar-refractivity contribution in [2.24, 2.45) is 5.10 Å². The fourth-order valence-electron chi connectivity index (χ4n) is 1.66. The number of rotatable bonds is 5. The lowest BCUT2D eigenvalue weighted by atomic mass is 10.2. The van der Waals surface area contributed by atoms with E-state index in [0.29, 0.717) is 5.56 Å². The Morgan fingerprint density at radius 1 is 1.19 bits per heavy atom. The van der Waals surface area contributed by atoms with Gasteiger partial charge in [-0.2, -0.15) is 5.10 Å². The minimum atomic E-state index is -0.262. The van der Waals surface area contributed by atoms with E-state index in [-0.39, 0.29) is 18.2 Å². The predicted molar refractivity (Wildman–Crippen MR) is 83.5 cm³/mol. The van der Waals surface area contributed by atoms with Gasteiger partial charge in [0.15, 0.2) is 0 Å². The zero-order chi connectivity index (χ0) is 15.1. The second-order valence-corrected chi connectivity index (χ2v) is 4.57. The number of aromatic hydroxyl groups is 1. The molecule has 0 unspecified atom stereocenters. The molecule has 0 radical (unpaired) electrons. The van der Waals surface area contributed by atoms with Gasteiger partial charge >= 0.3 is 0 Å². The van der Waals surface area contributed by atoms with Gasteiger partial charge in [0.1, 0.15) is 5.75 Å². The van der Waals surface area contributed by atoms with Crippen LogP contribution in [0, 0.1) is 6.92 Å². The number of benzene rings is 2. The van der Waals surface area contributed by atoms with E-state index < -0.39 is 0 Å². The van der Waals surface area contributed by atoms with Gasteiger partial charge in [-0.1, -0.05) is 29.8 Å². The number of hydrazone groups is 1. The van der Waals surface area contributed by atoms with E-state index in [0.717, 1.165) is 11.3 Å². The normalized spacial score (nSPS) is 10.5. The fourth-order valence-corrected chi connectivity index (χ4v) is 1.66. The molecule has 0 bridgehead atoms. The third-order valence-corrected chi connectivity index (χ3v) is 2.83. The van der Waals surface area contributed by atoms with Crippen LogP contribution in [-0.2, 0) is 4.79 Å². The van der Waals surface area contributed by atoms with Crippen molar-refractivity contribution in [1.82, 2.24) is 5.43 Å².